The summed E-state index contributed by atoms with van der Waals surface area (Å²) in [6, 6.07) is 0.243. The molecule has 1 aromatic rings. The number of carbonyl (C=O) groups excluding carboxylic acids is 2. The van der Waals surface area contributed by atoms with Crippen molar-refractivity contribution in [1.82, 2.24) is 5.32 Å². The average molecular weight is 311 g/mol. The van der Waals surface area contributed by atoms with E-state index in [0.717, 1.165) is 12.8 Å². The highest BCUT2D eigenvalue weighted by Crippen LogP contribution is 2.37. The Morgan fingerprint density at radius 1 is 1.43 bits per heavy atom. The Kier molecular flexibility index (Phi) is 4.72. The fourth-order valence-corrected chi connectivity index (χ4v) is 2.84. The lowest BCUT2D eigenvalue weighted by molar-refractivity contribution is 0.0603. The third-order valence-corrected chi connectivity index (χ3v) is 4.29. The number of anilines is 2. The van der Waals surface area contributed by atoms with E-state index in [1.807, 2.05) is 0 Å². The highest BCUT2D eigenvalue weighted by Gasteiger charge is 2.29. The van der Waals surface area contributed by atoms with Gasteiger partial charge in [0.2, 0.25) is 0 Å². The molecule has 0 aromatic carbocycles. The Morgan fingerprint density at radius 2 is 2.10 bits per heavy atom. The number of ether oxygens (including phenoxy) is 1. The van der Waals surface area contributed by atoms with Crippen LogP contribution < -0.4 is 16.4 Å². The molecule has 0 unspecified atom stereocenters. The van der Waals surface area contributed by atoms with Crippen LogP contribution in [0.3, 0.4) is 0 Å². The van der Waals surface area contributed by atoms with E-state index >= 15 is 0 Å². The standard InChI is InChI=1S/C14H21N3O3S/c1-7(2)6-16-13-9(14(19)20-3)10(15)11(21-13)12(18)17-8-4-5-8/h7-8,16H,4-6,15H2,1-3H3,(H,17,18). The Hall–Kier alpha value is -1.76. The molecule has 4 N–H and O–H groups in total. The van der Waals surface area contributed by atoms with Gasteiger partial charge >= 0.3 is 5.97 Å². The summed E-state index contributed by atoms with van der Waals surface area (Å²) in [5.41, 5.74) is 6.44. The third-order valence-electron chi connectivity index (χ3n) is 3.12. The molecule has 0 aliphatic heterocycles. The molecule has 1 aromatic heterocycles. The normalized spacial score (nSPS) is 14.1. The maximum atomic E-state index is 12.2. The molecule has 1 heterocycles. The first kappa shape index (κ1) is 15.6. The zero-order valence-electron chi connectivity index (χ0n) is 12.5. The summed E-state index contributed by atoms with van der Waals surface area (Å²) in [4.78, 5) is 24.4. The van der Waals surface area contributed by atoms with E-state index in [-0.39, 0.29) is 23.2 Å². The average Bonchev–Trinajstić information content (AvgIpc) is 3.17. The lowest BCUT2D eigenvalue weighted by Crippen LogP contribution is -2.25. The summed E-state index contributed by atoms with van der Waals surface area (Å²) < 4.78 is 4.77. The van der Waals surface area contributed by atoms with Crippen molar-refractivity contribution in [3.8, 4) is 0 Å². The van der Waals surface area contributed by atoms with Crippen LogP contribution in [0.2, 0.25) is 0 Å². The first-order valence-electron chi connectivity index (χ1n) is 6.99. The maximum absolute atomic E-state index is 12.2. The summed E-state index contributed by atoms with van der Waals surface area (Å²) in [7, 11) is 1.30. The number of carbonyl (C=O) groups is 2. The monoisotopic (exact) mass is 311 g/mol. The molecule has 0 atom stereocenters. The molecular formula is C14H21N3O3S. The number of amides is 1. The summed E-state index contributed by atoms with van der Waals surface area (Å²) in [5, 5.41) is 6.65. The molecule has 1 fully saturated rings. The Balaban J connectivity index is 2.28. The van der Waals surface area contributed by atoms with E-state index in [9.17, 15) is 9.59 Å². The largest absolute Gasteiger partial charge is 0.465 e. The van der Waals surface area contributed by atoms with Crippen LogP contribution in [0.4, 0.5) is 10.7 Å². The first-order chi connectivity index (χ1) is 9.93. The summed E-state index contributed by atoms with van der Waals surface area (Å²) >= 11 is 1.20. The SMILES string of the molecule is COC(=O)c1c(NCC(C)C)sc(C(=O)NC2CC2)c1N. The van der Waals surface area contributed by atoms with Gasteiger partial charge in [-0.2, -0.15) is 0 Å². The summed E-state index contributed by atoms with van der Waals surface area (Å²) in [5.74, 6) is -0.342. The molecule has 1 aliphatic carbocycles. The fourth-order valence-electron chi connectivity index (χ4n) is 1.82. The van der Waals surface area contributed by atoms with Crippen LogP contribution in [-0.4, -0.2) is 31.6 Å². The minimum Gasteiger partial charge on any atom is -0.465 e. The van der Waals surface area contributed by atoms with Crippen molar-refractivity contribution in [1.29, 1.82) is 0 Å². The smallest absolute Gasteiger partial charge is 0.343 e. The minimum atomic E-state index is -0.527. The van der Waals surface area contributed by atoms with Gasteiger partial charge in [0.15, 0.2) is 0 Å². The predicted octanol–water partition coefficient (Wildman–Crippen LogP) is 2.08. The van der Waals surface area contributed by atoms with Gasteiger partial charge in [0, 0.05) is 12.6 Å². The molecule has 116 valence electrons. The minimum absolute atomic E-state index is 0.191. The van der Waals surface area contributed by atoms with Crippen molar-refractivity contribution in [2.24, 2.45) is 5.92 Å². The van der Waals surface area contributed by atoms with Gasteiger partial charge in [-0.15, -0.1) is 11.3 Å². The second kappa shape index (κ2) is 6.34. The van der Waals surface area contributed by atoms with Crippen LogP contribution in [0.1, 0.15) is 46.7 Å². The van der Waals surface area contributed by atoms with Crippen molar-refractivity contribution in [3.05, 3.63) is 10.4 Å². The molecule has 0 saturated heterocycles. The topological polar surface area (TPSA) is 93.4 Å². The molecule has 0 spiro atoms. The van der Waals surface area contributed by atoms with Crippen LogP contribution in [0.25, 0.3) is 0 Å². The number of nitrogen functional groups attached to an aromatic ring is 1. The Labute approximate surface area is 128 Å². The highest BCUT2D eigenvalue weighted by molar-refractivity contribution is 7.19. The number of hydrogen-bond acceptors (Lipinski definition) is 6. The van der Waals surface area contributed by atoms with E-state index < -0.39 is 5.97 Å². The number of hydrogen-bond donors (Lipinski definition) is 3. The van der Waals surface area contributed by atoms with Crippen LogP contribution in [0.15, 0.2) is 0 Å². The fraction of sp³-hybridized carbons (Fsp3) is 0.571. The molecule has 1 aliphatic rings. The van der Waals surface area contributed by atoms with Gasteiger partial charge < -0.3 is 21.1 Å². The number of thiophene rings is 1. The number of nitrogens with one attached hydrogen (secondary N) is 2. The number of methoxy groups -OCH3 is 1. The van der Waals surface area contributed by atoms with Crippen molar-refractivity contribution in [2.45, 2.75) is 32.7 Å². The molecule has 21 heavy (non-hydrogen) atoms. The summed E-state index contributed by atoms with van der Waals surface area (Å²) in [6.07, 6.45) is 2.00. The molecule has 1 saturated carbocycles. The van der Waals surface area contributed by atoms with Crippen LogP contribution in [0, 0.1) is 5.92 Å². The Bertz CT molecular complexity index is 550. The van der Waals surface area contributed by atoms with E-state index in [1.54, 1.807) is 0 Å². The predicted molar refractivity (Wildman–Crippen MR) is 83.9 cm³/mol. The Morgan fingerprint density at radius 3 is 2.62 bits per heavy atom. The zero-order valence-corrected chi connectivity index (χ0v) is 13.3. The third kappa shape index (κ3) is 3.66. The molecular weight excluding hydrogens is 290 g/mol. The van der Waals surface area contributed by atoms with Gasteiger partial charge in [0.05, 0.1) is 12.8 Å². The van der Waals surface area contributed by atoms with Crippen molar-refractivity contribution in [3.63, 3.8) is 0 Å². The number of esters is 1. The van der Waals surface area contributed by atoms with Gasteiger partial charge in [-0.05, 0) is 18.8 Å². The van der Waals surface area contributed by atoms with Gasteiger partial charge in [0.25, 0.3) is 5.91 Å². The van der Waals surface area contributed by atoms with Gasteiger partial charge in [-0.1, -0.05) is 13.8 Å². The van der Waals surface area contributed by atoms with Crippen LogP contribution in [0.5, 0.6) is 0 Å². The van der Waals surface area contributed by atoms with Gasteiger partial charge in [-0.25, -0.2) is 4.79 Å². The van der Waals surface area contributed by atoms with E-state index in [4.69, 9.17) is 10.5 Å². The van der Waals surface area contributed by atoms with Gasteiger partial charge in [-0.3, -0.25) is 4.79 Å². The van der Waals surface area contributed by atoms with Crippen molar-refractivity contribution in [2.75, 3.05) is 24.7 Å². The summed E-state index contributed by atoms with van der Waals surface area (Å²) in [6.45, 7) is 4.80. The second-order valence-electron chi connectivity index (χ2n) is 5.56. The lowest BCUT2D eigenvalue weighted by Gasteiger charge is -2.08. The molecule has 0 bridgehead atoms. The van der Waals surface area contributed by atoms with Crippen molar-refractivity contribution < 1.29 is 14.3 Å². The second-order valence-corrected chi connectivity index (χ2v) is 6.58. The maximum Gasteiger partial charge on any atom is 0.343 e. The zero-order chi connectivity index (χ0) is 15.6. The lowest BCUT2D eigenvalue weighted by atomic mass is 10.2. The first-order valence-corrected chi connectivity index (χ1v) is 7.81. The van der Waals surface area contributed by atoms with Crippen LogP contribution >= 0.6 is 11.3 Å². The number of nitrogens with two attached hydrogens (primary N) is 1. The highest BCUT2D eigenvalue weighted by atomic mass is 32.1. The molecule has 6 nitrogen and oxygen atoms in total. The van der Waals surface area contributed by atoms with Crippen LogP contribution in [-0.2, 0) is 4.74 Å². The molecule has 7 heteroatoms. The molecule has 0 radical (unpaired) electrons. The van der Waals surface area contributed by atoms with Crippen molar-refractivity contribution >= 4 is 33.9 Å². The van der Waals surface area contributed by atoms with E-state index in [1.165, 1.54) is 18.4 Å². The molecule has 2 rings (SSSR count). The number of rotatable bonds is 6. The van der Waals surface area contributed by atoms with E-state index in [0.29, 0.717) is 22.3 Å². The van der Waals surface area contributed by atoms with E-state index in [2.05, 4.69) is 24.5 Å². The quantitative estimate of drug-likeness (QED) is 0.699. The van der Waals surface area contributed by atoms with Gasteiger partial charge in [0.1, 0.15) is 15.4 Å². The molecule has 1 amide bonds.